The van der Waals surface area contributed by atoms with Crippen molar-refractivity contribution in [1.82, 2.24) is 24.7 Å². The second-order valence-electron chi connectivity index (χ2n) is 5.24. The van der Waals surface area contributed by atoms with Crippen LogP contribution in [0.25, 0.3) is 5.95 Å². The molecule has 0 aromatic carbocycles. The van der Waals surface area contributed by atoms with Crippen molar-refractivity contribution in [2.75, 3.05) is 23.8 Å². The van der Waals surface area contributed by atoms with Crippen LogP contribution in [0.3, 0.4) is 0 Å². The van der Waals surface area contributed by atoms with Crippen LogP contribution in [0.4, 0.5) is 11.9 Å². The van der Waals surface area contributed by atoms with E-state index >= 15 is 0 Å². The number of unbranched alkanes of at least 4 members (excludes halogenated alkanes) is 1. The Hall–Kier alpha value is -2.18. The summed E-state index contributed by atoms with van der Waals surface area (Å²) in [7, 11) is 1.82. The first-order chi connectivity index (χ1) is 10.3. The average molecular weight is 287 g/mol. The fraction of sp³-hybridized carbons (Fsp3) is 0.571. The summed E-state index contributed by atoms with van der Waals surface area (Å²) in [6, 6.07) is 2.44. The topological polar surface area (TPSA) is 71.8 Å². The van der Waals surface area contributed by atoms with Crippen LogP contribution < -0.4 is 10.2 Å². The Morgan fingerprint density at radius 3 is 2.81 bits per heavy atom. The largest absolute Gasteiger partial charge is 0.357 e. The van der Waals surface area contributed by atoms with Gasteiger partial charge in [0.25, 0.3) is 5.95 Å². The lowest BCUT2D eigenvalue weighted by Crippen LogP contribution is -2.29. The van der Waals surface area contributed by atoms with Crippen molar-refractivity contribution in [3.8, 4) is 5.95 Å². The number of hydrogen-bond donors (Lipinski definition) is 1. The van der Waals surface area contributed by atoms with Crippen LogP contribution in [0.1, 0.15) is 32.6 Å². The summed E-state index contributed by atoms with van der Waals surface area (Å²) in [4.78, 5) is 15.8. The minimum Gasteiger partial charge on any atom is -0.357 e. The van der Waals surface area contributed by atoms with Crippen LogP contribution in [0.15, 0.2) is 18.5 Å². The molecule has 0 radical (unpaired) electrons. The molecule has 0 bridgehead atoms. The second kappa shape index (κ2) is 6.07. The predicted octanol–water partition coefficient (Wildman–Crippen LogP) is 1.87. The highest BCUT2D eigenvalue weighted by atomic mass is 15.4. The van der Waals surface area contributed by atoms with Crippen LogP contribution >= 0.6 is 0 Å². The maximum absolute atomic E-state index is 4.60. The smallest absolute Gasteiger partial charge is 0.257 e. The molecule has 1 aliphatic rings. The Morgan fingerprint density at radius 1 is 1.33 bits per heavy atom. The summed E-state index contributed by atoms with van der Waals surface area (Å²) in [6.45, 7) is 3.19. The highest BCUT2D eigenvalue weighted by molar-refractivity contribution is 5.41. The van der Waals surface area contributed by atoms with Gasteiger partial charge in [-0.25, -0.2) is 4.68 Å². The van der Waals surface area contributed by atoms with E-state index in [-0.39, 0.29) is 0 Å². The van der Waals surface area contributed by atoms with Gasteiger partial charge in [-0.2, -0.15) is 20.1 Å². The number of hydrogen-bond acceptors (Lipinski definition) is 6. The Balaban J connectivity index is 1.94. The Labute approximate surface area is 124 Å². The monoisotopic (exact) mass is 287 g/mol. The predicted molar refractivity (Wildman–Crippen MR) is 81.8 cm³/mol. The van der Waals surface area contributed by atoms with E-state index in [4.69, 9.17) is 0 Å². The highest BCUT2D eigenvalue weighted by Gasteiger charge is 2.31. The van der Waals surface area contributed by atoms with Crippen LogP contribution in [-0.4, -0.2) is 44.4 Å². The molecule has 7 heteroatoms. The normalized spacial score (nSPS) is 14.2. The molecule has 0 unspecified atom stereocenters. The van der Waals surface area contributed by atoms with Crippen LogP contribution in [-0.2, 0) is 0 Å². The van der Waals surface area contributed by atoms with E-state index in [9.17, 15) is 0 Å². The molecule has 2 heterocycles. The molecule has 0 atom stereocenters. The Kier molecular flexibility index (Phi) is 3.98. The third-order valence-electron chi connectivity index (χ3n) is 3.54. The van der Waals surface area contributed by atoms with Crippen molar-refractivity contribution < 1.29 is 0 Å². The Morgan fingerprint density at radius 2 is 2.19 bits per heavy atom. The van der Waals surface area contributed by atoms with E-state index in [0.717, 1.165) is 18.9 Å². The van der Waals surface area contributed by atoms with Crippen LogP contribution in [0.5, 0.6) is 0 Å². The molecule has 2 aromatic heterocycles. The van der Waals surface area contributed by atoms with Gasteiger partial charge in [0.1, 0.15) is 0 Å². The number of aromatic nitrogens is 5. The SMILES string of the molecule is CCCCN(c1nc(NC)nc(-n2cccn2)n1)C1CC1. The Bertz CT molecular complexity index is 577. The van der Waals surface area contributed by atoms with E-state index in [1.807, 2.05) is 19.3 Å². The minimum atomic E-state index is 0.552. The number of nitrogens with zero attached hydrogens (tertiary/aromatic N) is 6. The van der Waals surface area contributed by atoms with Gasteiger partial charge in [-0.05, 0) is 25.3 Å². The van der Waals surface area contributed by atoms with Crippen molar-refractivity contribution in [2.45, 2.75) is 38.6 Å². The zero-order valence-electron chi connectivity index (χ0n) is 12.5. The maximum Gasteiger partial charge on any atom is 0.257 e. The zero-order chi connectivity index (χ0) is 14.7. The van der Waals surface area contributed by atoms with E-state index < -0.39 is 0 Å². The van der Waals surface area contributed by atoms with E-state index in [1.165, 1.54) is 19.3 Å². The maximum atomic E-state index is 4.60. The summed E-state index contributed by atoms with van der Waals surface area (Å²) in [5, 5.41) is 7.21. The zero-order valence-corrected chi connectivity index (χ0v) is 12.5. The summed E-state index contributed by atoms with van der Waals surface area (Å²) in [5.74, 6) is 1.87. The van der Waals surface area contributed by atoms with Crippen LogP contribution in [0, 0.1) is 0 Å². The van der Waals surface area contributed by atoms with Crippen molar-refractivity contribution in [2.24, 2.45) is 0 Å². The van der Waals surface area contributed by atoms with Crippen molar-refractivity contribution in [3.63, 3.8) is 0 Å². The first kappa shape index (κ1) is 13.8. The first-order valence-corrected chi connectivity index (χ1v) is 7.52. The lowest BCUT2D eigenvalue weighted by Gasteiger charge is -2.22. The fourth-order valence-corrected chi connectivity index (χ4v) is 2.24. The van der Waals surface area contributed by atoms with Crippen molar-refractivity contribution in [3.05, 3.63) is 18.5 Å². The first-order valence-electron chi connectivity index (χ1n) is 7.52. The average Bonchev–Trinajstić information content (AvgIpc) is 3.20. The third kappa shape index (κ3) is 3.12. The molecule has 2 aromatic rings. The molecule has 1 N–H and O–H groups in total. The van der Waals surface area contributed by atoms with Gasteiger partial charge in [0.2, 0.25) is 11.9 Å². The summed E-state index contributed by atoms with van der Waals surface area (Å²) < 4.78 is 1.66. The molecule has 112 valence electrons. The molecule has 21 heavy (non-hydrogen) atoms. The van der Waals surface area contributed by atoms with E-state index in [1.54, 1.807) is 10.9 Å². The number of rotatable bonds is 7. The summed E-state index contributed by atoms with van der Waals surface area (Å²) >= 11 is 0. The molecule has 1 aliphatic carbocycles. The van der Waals surface area contributed by atoms with Crippen LogP contribution in [0.2, 0.25) is 0 Å². The molecule has 3 rings (SSSR count). The van der Waals surface area contributed by atoms with Gasteiger partial charge in [0.05, 0.1) is 0 Å². The molecule has 0 amide bonds. The second-order valence-corrected chi connectivity index (χ2v) is 5.24. The number of anilines is 2. The summed E-state index contributed by atoms with van der Waals surface area (Å²) in [5.41, 5.74) is 0. The third-order valence-corrected chi connectivity index (χ3v) is 3.54. The summed E-state index contributed by atoms with van der Waals surface area (Å²) in [6.07, 6.45) is 8.32. The molecule has 0 spiro atoms. The molecule has 1 saturated carbocycles. The molecule has 1 fully saturated rings. The minimum absolute atomic E-state index is 0.552. The van der Waals surface area contributed by atoms with Gasteiger partial charge in [-0.3, -0.25) is 0 Å². The number of nitrogens with one attached hydrogen (secondary N) is 1. The molecule has 0 aliphatic heterocycles. The van der Waals surface area contributed by atoms with Gasteiger partial charge >= 0.3 is 0 Å². The van der Waals surface area contributed by atoms with Crippen molar-refractivity contribution in [1.29, 1.82) is 0 Å². The van der Waals surface area contributed by atoms with Gasteiger partial charge in [-0.1, -0.05) is 13.3 Å². The molecule has 0 saturated heterocycles. The quantitative estimate of drug-likeness (QED) is 0.838. The van der Waals surface area contributed by atoms with E-state index in [0.29, 0.717) is 17.9 Å². The van der Waals surface area contributed by atoms with E-state index in [2.05, 4.69) is 37.2 Å². The molecular formula is C14H21N7. The lowest BCUT2D eigenvalue weighted by atomic mass is 10.3. The lowest BCUT2D eigenvalue weighted by molar-refractivity contribution is 0.685. The molecule has 7 nitrogen and oxygen atoms in total. The van der Waals surface area contributed by atoms with Gasteiger partial charge in [0.15, 0.2) is 0 Å². The molecular weight excluding hydrogens is 266 g/mol. The van der Waals surface area contributed by atoms with Gasteiger partial charge in [0, 0.05) is 32.0 Å². The van der Waals surface area contributed by atoms with Gasteiger partial charge in [-0.15, -0.1) is 0 Å². The standard InChI is InChI=1S/C14H21N7/c1-3-4-9-20(11-6-7-11)13-17-12(15-2)18-14(19-13)21-10-5-8-16-21/h5,8,10-11H,3-4,6-7,9H2,1-2H3,(H,15,17,18,19). The van der Waals surface area contributed by atoms with Gasteiger partial charge < -0.3 is 10.2 Å². The van der Waals surface area contributed by atoms with Crippen molar-refractivity contribution >= 4 is 11.9 Å². The fourth-order valence-electron chi connectivity index (χ4n) is 2.24. The highest BCUT2D eigenvalue weighted by Crippen LogP contribution is 2.30.